The van der Waals surface area contributed by atoms with Crippen molar-refractivity contribution in [2.45, 2.75) is 39.0 Å². The van der Waals surface area contributed by atoms with Crippen LogP contribution in [-0.4, -0.2) is 31.4 Å². The van der Waals surface area contributed by atoms with Crippen LogP contribution in [0.2, 0.25) is 0 Å². The van der Waals surface area contributed by atoms with Crippen LogP contribution in [0.1, 0.15) is 35.5 Å². The first kappa shape index (κ1) is 24.0. The van der Waals surface area contributed by atoms with Gasteiger partial charge >= 0.3 is 0 Å². The highest BCUT2D eigenvalue weighted by atomic mass is 32.2. The predicted octanol–water partition coefficient (Wildman–Crippen LogP) is 5.73. The lowest BCUT2D eigenvalue weighted by atomic mass is 10.1. The number of thiazole rings is 1. The second kappa shape index (κ2) is 10.4. The summed E-state index contributed by atoms with van der Waals surface area (Å²) in [5.41, 5.74) is 5.34. The van der Waals surface area contributed by atoms with Crippen molar-refractivity contribution < 1.29 is 9.53 Å². The van der Waals surface area contributed by atoms with Crippen molar-refractivity contribution in [3.63, 3.8) is 0 Å². The molecule has 0 bridgehead atoms. The molecule has 34 heavy (non-hydrogen) atoms. The molecule has 0 aliphatic rings. The molecule has 0 saturated carbocycles. The van der Waals surface area contributed by atoms with Crippen molar-refractivity contribution in [3.8, 4) is 17.0 Å². The lowest BCUT2D eigenvalue weighted by Crippen LogP contribution is -2.14. The summed E-state index contributed by atoms with van der Waals surface area (Å²) in [7, 11) is 1.88. The number of amides is 1. The summed E-state index contributed by atoms with van der Waals surface area (Å²) in [5, 5.41) is 14.6. The standard InChI is InChI=1S/C25H27N5O2S2/c1-15-6-9-19(10-7-15)20-13-33-24(26-20)27-22(31)14-34-25-29-28-23(30(25)5)18(4)32-21-11-8-16(2)12-17(21)3/h6-13,18H,14H2,1-5H3,(H,26,27,31). The van der Waals surface area contributed by atoms with Crippen LogP contribution in [0, 0.1) is 20.8 Å². The number of carbonyl (C=O) groups excluding carboxylic acids is 1. The summed E-state index contributed by atoms with van der Waals surface area (Å²) in [6.07, 6.45) is -0.280. The van der Waals surface area contributed by atoms with Gasteiger partial charge in [-0.1, -0.05) is 59.3 Å². The highest BCUT2D eigenvalue weighted by molar-refractivity contribution is 7.99. The van der Waals surface area contributed by atoms with Gasteiger partial charge in [0.1, 0.15) is 5.75 Å². The molecule has 176 valence electrons. The zero-order chi connectivity index (χ0) is 24.2. The normalized spacial score (nSPS) is 11.9. The zero-order valence-electron chi connectivity index (χ0n) is 19.8. The van der Waals surface area contributed by atoms with Crippen LogP contribution < -0.4 is 10.1 Å². The maximum atomic E-state index is 12.5. The number of nitrogens with one attached hydrogen (secondary N) is 1. The fraction of sp³-hybridized carbons (Fsp3) is 0.280. The lowest BCUT2D eigenvalue weighted by molar-refractivity contribution is -0.113. The minimum Gasteiger partial charge on any atom is -0.482 e. The number of thioether (sulfide) groups is 1. The molecule has 0 fully saturated rings. The minimum absolute atomic E-state index is 0.140. The van der Waals surface area contributed by atoms with E-state index in [9.17, 15) is 4.79 Å². The van der Waals surface area contributed by atoms with Gasteiger partial charge in [-0.05, 0) is 39.3 Å². The molecule has 4 aromatic rings. The summed E-state index contributed by atoms with van der Waals surface area (Å²) in [5.74, 6) is 1.59. The van der Waals surface area contributed by atoms with Gasteiger partial charge in [-0.2, -0.15) is 0 Å². The molecular formula is C25H27N5O2S2. The van der Waals surface area contributed by atoms with E-state index in [4.69, 9.17) is 4.74 Å². The molecule has 0 radical (unpaired) electrons. The minimum atomic E-state index is -0.280. The topological polar surface area (TPSA) is 81.9 Å². The van der Waals surface area contributed by atoms with Crippen molar-refractivity contribution in [1.82, 2.24) is 19.7 Å². The van der Waals surface area contributed by atoms with E-state index in [1.165, 1.54) is 34.2 Å². The molecule has 7 nitrogen and oxygen atoms in total. The van der Waals surface area contributed by atoms with Crippen LogP contribution in [0.25, 0.3) is 11.3 Å². The highest BCUT2D eigenvalue weighted by Gasteiger charge is 2.19. The number of aromatic nitrogens is 4. The molecule has 2 heterocycles. The fourth-order valence-corrected chi connectivity index (χ4v) is 4.91. The molecule has 2 aromatic heterocycles. The molecular weight excluding hydrogens is 466 g/mol. The molecule has 2 aromatic carbocycles. The molecule has 1 amide bonds. The third-order valence-corrected chi connectivity index (χ3v) is 7.07. The van der Waals surface area contributed by atoms with Gasteiger partial charge in [0, 0.05) is 18.0 Å². The predicted molar refractivity (Wildman–Crippen MR) is 138 cm³/mol. The fourth-order valence-electron chi connectivity index (χ4n) is 3.45. The quantitative estimate of drug-likeness (QED) is 0.316. The highest BCUT2D eigenvalue weighted by Crippen LogP contribution is 2.28. The number of anilines is 1. The van der Waals surface area contributed by atoms with Crippen molar-refractivity contribution >= 4 is 34.1 Å². The summed E-state index contributed by atoms with van der Waals surface area (Å²) < 4.78 is 7.98. The van der Waals surface area contributed by atoms with Crippen molar-refractivity contribution in [1.29, 1.82) is 0 Å². The Kier molecular flexibility index (Phi) is 7.33. The Balaban J connectivity index is 1.33. The van der Waals surface area contributed by atoms with E-state index in [0.29, 0.717) is 16.1 Å². The van der Waals surface area contributed by atoms with E-state index in [-0.39, 0.29) is 17.8 Å². The van der Waals surface area contributed by atoms with Gasteiger partial charge in [0.2, 0.25) is 5.91 Å². The van der Waals surface area contributed by atoms with E-state index in [2.05, 4.69) is 33.5 Å². The average Bonchev–Trinajstić information content (AvgIpc) is 3.41. The number of aryl methyl sites for hydroxylation is 3. The van der Waals surface area contributed by atoms with Crippen LogP contribution >= 0.6 is 23.1 Å². The van der Waals surface area contributed by atoms with Gasteiger partial charge < -0.3 is 14.6 Å². The first-order chi connectivity index (χ1) is 16.3. The largest absolute Gasteiger partial charge is 0.482 e. The number of rotatable bonds is 8. The van der Waals surface area contributed by atoms with Crippen LogP contribution in [0.4, 0.5) is 5.13 Å². The van der Waals surface area contributed by atoms with E-state index >= 15 is 0 Å². The average molecular weight is 494 g/mol. The third kappa shape index (κ3) is 5.66. The Bertz CT molecular complexity index is 1300. The third-order valence-electron chi connectivity index (χ3n) is 5.30. The Morgan fingerprint density at radius 1 is 1.12 bits per heavy atom. The number of hydrogen-bond donors (Lipinski definition) is 1. The van der Waals surface area contributed by atoms with Crippen LogP contribution in [0.15, 0.2) is 53.0 Å². The van der Waals surface area contributed by atoms with Crippen LogP contribution in [0.5, 0.6) is 5.75 Å². The first-order valence-corrected chi connectivity index (χ1v) is 12.7. The summed E-state index contributed by atoms with van der Waals surface area (Å²) in [6, 6.07) is 14.2. The Labute approximate surface area is 207 Å². The molecule has 1 unspecified atom stereocenters. The maximum absolute atomic E-state index is 12.5. The molecule has 1 N–H and O–H groups in total. The number of hydrogen-bond acceptors (Lipinski definition) is 7. The van der Waals surface area contributed by atoms with Gasteiger partial charge in [0.05, 0.1) is 11.4 Å². The molecule has 0 saturated heterocycles. The van der Waals surface area contributed by atoms with Crippen molar-refractivity contribution in [2.24, 2.45) is 7.05 Å². The second-order valence-corrected chi connectivity index (χ2v) is 9.97. The van der Waals surface area contributed by atoms with Gasteiger partial charge in [0.25, 0.3) is 0 Å². The molecule has 4 rings (SSSR count). The maximum Gasteiger partial charge on any atom is 0.236 e. The number of carbonyl (C=O) groups is 1. The molecule has 1 atom stereocenters. The van der Waals surface area contributed by atoms with E-state index in [0.717, 1.165) is 22.6 Å². The van der Waals surface area contributed by atoms with Crippen LogP contribution in [-0.2, 0) is 11.8 Å². The SMILES string of the molecule is Cc1ccc(-c2csc(NC(=O)CSc3nnc(C(C)Oc4ccc(C)cc4C)n3C)n2)cc1. The Hall–Kier alpha value is -3.17. The molecule has 0 aliphatic heterocycles. The van der Waals surface area contributed by atoms with E-state index in [1.54, 1.807) is 0 Å². The summed E-state index contributed by atoms with van der Waals surface area (Å²) >= 11 is 2.74. The number of benzene rings is 2. The summed E-state index contributed by atoms with van der Waals surface area (Å²) in [4.78, 5) is 17.0. The zero-order valence-corrected chi connectivity index (χ0v) is 21.5. The monoisotopic (exact) mass is 493 g/mol. The number of nitrogens with zero attached hydrogens (tertiary/aromatic N) is 4. The Morgan fingerprint density at radius 3 is 2.59 bits per heavy atom. The second-order valence-electron chi connectivity index (χ2n) is 8.17. The van der Waals surface area contributed by atoms with E-state index in [1.807, 2.05) is 74.2 Å². The Morgan fingerprint density at radius 2 is 1.85 bits per heavy atom. The molecule has 0 spiro atoms. The molecule has 0 aliphatic carbocycles. The van der Waals surface area contributed by atoms with Crippen molar-refractivity contribution in [2.75, 3.05) is 11.1 Å². The van der Waals surface area contributed by atoms with Gasteiger partial charge in [-0.25, -0.2) is 4.98 Å². The van der Waals surface area contributed by atoms with E-state index < -0.39 is 0 Å². The summed E-state index contributed by atoms with van der Waals surface area (Å²) in [6.45, 7) is 8.07. The first-order valence-electron chi connectivity index (χ1n) is 10.9. The van der Waals surface area contributed by atoms with Gasteiger partial charge in [0.15, 0.2) is 22.2 Å². The van der Waals surface area contributed by atoms with Crippen LogP contribution in [0.3, 0.4) is 0 Å². The smallest absolute Gasteiger partial charge is 0.236 e. The van der Waals surface area contributed by atoms with Gasteiger partial charge in [-0.3, -0.25) is 4.79 Å². The lowest BCUT2D eigenvalue weighted by Gasteiger charge is -2.16. The van der Waals surface area contributed by atoms with Crippen molar-refractivity contribution in [3.05, 3.63) is 70.4 Å². The van der Waals surface area contributed by atoms with Gasteiger partial charge in [-0.15, -0.1) is 21.5 Å². The number of ether oxygens (including phenoxy) is 1. The molecule has 9 heteroatoms.